The lowest BCUT2D eigenvalue weighted by Gasteiger charge is -2.19. The monoisotopic (exact) mass is 339 g/mol. The molecule has 0 saturated carbocycles. The van der Waals surface area contributed by atoms with Crippen molar-refractivity contribution < 1.29 is 9.53 Å². The van der Waals surface area contributed by atoms with Gasteiger partial charge in [0.25, 0.3) is 0 Å². The molecule has 0 bridgehead atoms. The predicted molar refractivity (Wildman–Crippen MR) is 101 cm³/mol. The summed E-state index contributed by atoms with van der Waals surface area (Å²) in [5.41, 5.74) is 4.83. The number of amides is 1. The second-order valence-corrected chi connectivity index (χ2v) is 6.21. The lowest BCUT2D eigenvalue weighted by molar-refractivity contribution is -0.115. The zero-order valence-corrected chi connectivity index (χ0v) is 14.6. The first-order chi connectivity index (χ1) is 12.3. The van der Waals surface area contributed by atoms with Gasteiger partial charge >= 0.3 is 0 Å². The molecule has 0 aliphatic carbocycles. The number of methoxy groups -OCH3 is 1. The summed E-state index contributed by atoms with van der Waals surface area (Å²) in [6, 6.07) is 16.7. The first-order valence-electron chi connectivity index (χ1n) is 8.67. The van der Waals surface area contributed by atoms with Crippen molar-refractivity contribution in [3.05, 3.63) is 59.7 Å². The van der Waals surface area contributed by atoms with Crippen LogP contribution >= 0.6 is 0 Å². The Morgan fingerprint density at radius 3 is 2.76 bits per heavy atom. The van der Waals surface area contributed by atoms with E-state index in [0.717, 1.165) is 25.2 Å². The van der Waals surface area contributed by atoms with Crippen molar-refractivity contribution >= 4 is 17.3 Å². The van der Waals surface area contributed by atoms with E-state index in [1.54, 1.807) is 7.11 Å². The summed E-state index contributed by atoms with van der Waals surface area (Å²) in [5.74, 6) is -0.0441. The molecule has 3 rings (SSSR count). The minimum absolute atomic E-state index is 0.0441. The number of carbonyl (C=O) groups excluding carboxylic acids is 1. The lowest BCUT2D eigenvalue weighted by atomic mass is 10.1. The Morgan fingerprint density at radius 2 is 1.96 bits per heavy atom. The van der Waals surface area contributed by atoms with Gasteiger partial charge in [0, 0.05) is 38.1 Å². The van der Waals surface area contributed by atoms with E-state index in [4.69, 9.17) is 4.74 Å². The molecule has 0 saturated heterocycles. The summed E-state index contributed by atoms with van der Waals surface area (Å²) in [7, 11) is 1.64. The molecule has 0 unspecified atom stereocenters. The van der Waals surface area contributed by atoms with Gasteiger partial charge in [-0.05, 0) is 35.7 Å². The molecule has 2 aromatic carbocycles. The fourth-order valence-corrected chi connectivity index (χ4v) is 3.07. The van der Waals surface area contributed by atoms with Gasteiger partial charge in [0.1, 0.15) is 0 Å². The third-order valence-corrected chi connectivity index (χ3v) is 4.36. The second-order valence-electron chi connectivity index (χ2n) is 6.21. The molecule has 0 spiro atoms. The summed E-state index contributed by atoms with van der Waals surface area (Å²) >= 11 is 0. The molecule has 0 aromatic heterocycles. The van der Waals surface area contributed by atoms with E-state index in [-0.39, 0.29) is 12.5 Å². The molecule has 1 heterocycles. The topological polar surface area (TPSA) is 53.6 Å². The Kier molecular flexibility index (Phi) is 6.04. The summed E-state index contributed by atoms with van der Waals surface area (Å²) in [4.78, 5) is 14.3. The zero-order valence-electron chi connectivity index (χ0n) is 14.6. The second kappa shape index (κ2) is 8.65. The zero-order chi connectivity index (χ0) is 17.5. The number of nitrogens with one attached hydrogen (secondary N) is 2. The molecular formula is C20H25N3O2. The fourth-order valence-electron chi connectivity index (χ4n) is 3.07. The molecule has 5 nitrogen and oxygen atoms in total. The highest BCUT2D eigenvalue weighted by molar-refractivity contribution is 5.92. The van der Waals surface area contributed by atoms with Crippen LogP contribution in [0.5, 0.6) is 0 Å². The molecule has 0 radical (unpaired) electrons. The number of fused-ring (bicyclic) bond motifs is 1. The summed E-state index contributed by atoms with van der Waals surface area (Å²) in [6.07, 6.45) is 1.11. The van der Waals surface area contributed by atoms with Crippen LogP contribution in [0.25, 0.3) is 0 Å². The standard InChI is InChI=1S/C20H25N3O2/c1-25-13-11-21-14-20(24)22-18-8-6-16(7-9-18)15-23-12-10-17-4-2-3-5-19(17)23/h2-9,21H,10-15H2,1H3,(H,22,24). The number of carbonyl (C=O) groups is 1. The molecule has 1 amide bonds. The number of hydrogen-bond acceptors (Lipinski definition) is 4. The number of nitrogens with zero attached hydrogens (tertiary/aromatic N) is 1. The first kappa shape index (κ1) is 17.5. The SMILES string of the molecule is COCCNCC(=O)Nc1ccc(CN2CCc3ccccc32)cc1. The Morgan fingerprint density at radius 1 is 1.16 bits per heavy atom. The predicted octanol–water partition coefficient (Wildman–Crippen LogP) is 2.42. The minimum Gasteiger partial charge on any atom is -0.383 e. The van der Waals surface area contributed by atoms with Crippen LogP contribution in [-0.4, -0.2) is 39.3 Å². The van der Waals surface area contributed by atoms with E-state index in [9.17, 15) is 4.79 Å². The molecule has 132 valence electrons. The lowest BCUT2D eigenvalue weighted by Crippen LogP contribution is -2.30. The van der Waals surface area contributed by atoms with Crippen LogP contribution in [-0.2, 0) is 22.5 Å². The average Bonchev–Trinajstić information content (AvgIpc) is 3.04. The third-order valence-electron chi connectivity index (χ3n) is 4.36. The molecule has 1 aliphatic rings. The van der Waals surface area contributed by atoms with Crippen molar-refractivity contribution in [1.29, 1.82) is 0 Å². The van der Waals surface area contributed by atoms with Crippen LogP contribution in [0.15, 0.2) is 48.5 Å². The van der Waals surface area contributed by atoms with Crippen LogP contribution in [0.3, 0.4) is 0 Å². The average molecular weight is 339 g/mol. The number of benzene rings is 2. The van der Waals surface area contributed by atoms with Crippen molar-refractivity contribution in [2.24, 2.45) is 0 Å². The largest absolute Gasteiger partial charge is 0.383 e. The highest BCUT2D eigenvalue weighted by Gasteiger charge is 2.18. The van der Waals surface area contributed by atoms with Gasteiger partial charge in [-0.3, -0.25) is 4.79 Å². The molecule has 5 heteroatoms. The van der Waals surface area contributed by atoms with E-state index in [0.29, 0.717) is 13.2 Å². The first-order valence-corrected chi connectivity index (χ1v) is 8.67. The number of anilines is 2. The Balaban J connectivity index is 1.50. The summed E-state index contributed by atoms with van der Waals surface area (Å²) < 4.78 is 4.93. The smallest absolute Gasteiger partial charge is 0.238 e. The highest BCUT2D eigenvalue weighted by Crippen LogP contribution is 2.28. The van der Waals surface area contributed by atoms with E-state index in [1.807, 2.05) is 12.1 Å². The van der Waals surface area contributed by atoms with Crippen molar-refractivity contribution in [2.45, 2.75) is 13.0 Å². The molecule has 25 heavy (non-hydrogen) atoms. The van der Waals surface area contributed by atoms with Crippen molar-refractivity contribution in [3.63, 3.8) is 0 Å². The van der Waals surface area contributed by atoms with Gasteiger partial charge in [-0.1, -0.05) is 30.3 Å². The molecule has 2 N–H and O–H groups in total. The van der Waals surface area contributed by atoms with Crippen LogP contribution in [0, 0.1) is 0 Å². The fraction of sp³-hybridized carbons (Fsp3) is 0.350. The van der Waals surface area contributed by atoms with Crippen LogP contribution in [0.1, 0.15) is 11.1 Å². The number of hydrogen-bond donors (Lipinski definition) is 2. The summed E-state index contributed by atoms with van der Waals surface area (Å²) in [5, 5.41) is 5.93. The Bertz CT molecular complexity index is 700. The van der Waals surface area contributed by atoms with Crippen molar-refractivity contribution in [3.8, 4) is 0 Å². The van der Waals surface area contributed by atoms with E-state index >= 15 is 0 Å². The molecular weight excluding hydrogens is 314 g/mol. The summed E-state index contributed by atoms with van der Waals surface area (Å²) in [6.45, 7) is 3.51. The van der Waals surface area contributed by atoms with E-state index in [2.05, 4.69) is 51.9 Å². The van der Waals surface area contributed by atoms with Crippen LogP contribution in [0.2, 0.25) is 0 Å². The number of ether oxygens (including phenoxy) is 1. The maximum absolute atomic E-state index is 11.9. The van der Waals surface area contributed by atoms with Gasteiger partial charge in [-0.15, -0.1) is 0 Å². The molecule has 2 aromatic rings. The van der Waals surface area contributed by atoms with Crippen molar-refractivity contribution in [2.75, 3.05) is 43.6 Å². The van der Waals surface area contributed by atoms with Crippen LogP contribution < -0.4 is 15.5 Å². The van der Waals surface area contributed by atoms with Gasteiger partial charge in [0.2, 0.25) is 5.91 Å². The quantitative estimate of drug-likeness (QED) is 0.725. The maximum atomic E-state index is 11.9. The van der Waals surface area contributed by atoms with Crippen molar-refractivity contribution in [1.82, 2.24) is 5.32 Å². The third kappa shape index (κ3) is 4.81. The Hall–Kier alpha value is -2.37. The minimum atomic E-state index is -0.0441. The van der Waals surface area contributed by atoms with Gasteiger partial charge in [0.15, 0.2) is 0 Å². The maximum Gasteiger partial charge on any atom is 0.238 e. The Labute approximate surface area is 149 Å². The molecule has 1 aliphatic heterocycles. The number of rotatable bonds is 8. The van der Waals surface area contributed by atoms with Gasteiger partial charge in [-0.2, -0.15) is 0 Å². The molecule has 0 fully saturated rings. The normalized spacial score (nSPS) is 12.9. The van der Waals surface area contributed by atoms with E-state index < -0.39 is 0 Å². The highest BCUT2D eigenvalue weighted by atomic mass is 16.5. The number of para-hydroxylation sites is 1. The van der Waals surface area contributed by atoms with Crippen LogP contribution in [0.4, 0.5) is 11.4 Å². The van der Waals surface area contributed by atoms with E-state index in [1.165, 1.54) is 16.8 Å². The van der Waals surface area contributed by atoms with Gasteiger partial charge < -0.3 is 20.3 Å². The molecule has 0 atom stereocenters. The van der Waals surface area contributed by atoms with Gasteiger partial charge in [0.05, 0.1) is 13.2 Å². The van der Waals surface area contributed by atoms with Gasteiger partial charge in [-0.25, -0.2) is 0 Å².